The lowest BCUT2D eigenvalue weighted by Gasteiger charge is -2.20. The molecule has 0 aromatic heterocycles. The second-order valence-electron chi connectivity index (χ2n) is 7.14. The highest BCUT2D eigenvalue weighted by atomic mass is 19.1. The molecule has 1 fully saturated rings. The molecule has 0 bridgehead atoms. The highest BCUT2D eigenvalue weighted by Gasteiger charge is 2.18. The van der Waals surface area contributed by atoms with E-state index in [1.54, 1.807) is 19.1 Å². The fourth-order valence-corrected chi connectivity index (χ4v) is 3.20. The van der Waals surface area contributed by atoms with Crippen molar-refractivity contribution in [1.82, 2.24) is 10.6 Å². The van der Waals surface area contributed by atoms with E-state index in [4.69, 9.17) is 4.74 Å². The standard InChI is InChI=1S/C21H24F2N4O3/c1-14(19-9-6-16(22)11-20(19)23)26-21(25-13-18-3-2-10-30-18)24-12-15-4-7-17(8-5-15)27(28)29/h4-9,11,14,18H,2-3,10,12-13H2,1H3,(H2,24,25,26). The molecule has 2 aromatic rings. The first-order valence-corrected chi connectivity index (χ1v) is 9.77. The Morgan fingerprint density at radius 2 is 2.07 bits per heavy atom. The predicted octanol–water partition coefficient (Wildman–Crippen LogP) is 3.85. The smallest absolute Gasteiger partial charge is 0.269 e. The van der Waals surface area contributed by atoms with Crippen molar-refractivity contribution in [3.63, 3.8) is 0 Å². The van der Waals surface area contributed by atoms with Crippen molar-refractivity contribution in [3.8, 4) is 0 Å². The molecular weight excluding hydrogens is 394 g/mol. The number of nitrogens with one attached hydrogen (secondary N) is 2. The van der Waals surface area contributed by atoms with Crippen LogP contribution in [-0.2, 0) is 11.3 Å². The van der Waals surface area contributed by atoms with Crippen molar-refractivity contribution in [1.29, 1.82) is 0 Å². The van der Waals surface area contributed by atoms with Crippen molar-refractivity contribution in [2.45, 2.75) is 38.5 Å². The Morgan fingerprint density at radius 3 is 2.70 bits per heavy atom. The molecular formula is C21H24F2N4O3. The maximum absolute atomic E-state index is 14.1. The quantitative estimate of drug-likeness (QED) is 0.309. The van der Waals surface area contributed by atoms with Crippen molar-refractivity contribution < 1.29 is 18.4 Å². The van der Waals surface area contributed by atoms with Gasteiger partial charge in [-0.25, -0.2) is 13.8 Å². The van der Waals surface area contributed by atoms with E-state index < -0.39 is 22.6 Å². The van der Waals surface area contributed by atoms with Gasteiger partial charge in [0.1, 0.15) is 11.6 Å². The number of nitrogens with zero attached hydrogens (tertiary/aromatic N) is 2. The molecule has 1 heterocycles. The molecule has 2 unspecified atom stereocenters. The van der Waals surface area contributed by atoms with E-state index in [0.717, 1.165) is 31.1 Å². The first kappa shape index (κ1) is 21.6. The van der Waals surface area contributed by atoms with Crippen LogP contribution in [0.1, 0.15) is 36.9 Å². The van der Waals surface area contributed by atoms with E-state index in [2.05, 4.69) is 15.6 Å². The fraction of sp³-hybridized carbons (Fsp3) is 0.381. The summed E-state index contributed by atoms with van der Waals surface area (Å²) in [5.74, 6) is -0.823. The Morgan fingerprint density at radius 1 is 1.30 bits per heavy atom. The highest BCUT2D eigenvalue weighted by molar-refractivity contribution is 5.80. The number of nitro groups is 1. The number of hydrogen-bond donors (Lipinski definition) is 2. The van der Waals surface area contributed by atoms with Gasteiger partial charge >= 0.3 is 0 Å². The number of hydrogen-bond acceptors (Lipinski definition) is 4. The van der Waals surface area contributed by atoms with Crippen LogP contribution in [0.3, 0.4) is 0 Å². The Hall–Kier alpha value is -3.07. The molecule has 0 amide bonds. The summed E-state index contributed by atoms with van der Waals surface area (Å²) in [6.45, 7) is 3.31. The highest BCUT2D eigenvalue weighted by Crippen LogP contribution is 2.18. The maximum Gasteiger partial charge on any atom is 0.269 e. The van der Waals surface area contributed by atoms with Crippen LogP contribution in [-0.4, -0.2) is 30.1 Å². The first-order chi connectivity index (χ1) is 14.4. The van der Waals surface area contributed by atoms with Gasteiger partial charge in [0.2, 0.25) is 0 Å². The lowest BCUT2D eigenvalue weighted by molar-refractivity contribution is -0.384. The van der Waals surface area contributed by atoms with Crippen LogP contribution in [0.5, 0.6) is 0 Å². The number of ether oxygens (including phenoxy) is 1. The minimum atomic E-state index is -0.635. The minimum absolute atomic E-state index is 0.0120. The number of aliphatic imine (C=N–C) groups is 1. The number of halogens is 2. The van der Waals surface area contributed by atoms with Crippen LogP contribution < -0.4 is 10.6 Å². The molecule has 1 saturated heterocycles. The van der Waals surface area contributed by atoms with Crippen LogP contribution in [0.25, 0.3) is 0 Å². The molecule has 3 rings (SSSR count). The van der Waals surface area contributed by atoms with Crippen LogP contribution >= 0.6 is 0 Å². The summed E-state index contributed by atoms with van der Waals surface area (Å²) in [6, 6.07) is 9.13. The second-order valence-corrected chi connectivity index (χ2v) is 7.14. The van der Waals surface area contributed by atoms with Gasteiger partial charge in [0.05, 0.1) is 23.6 Å². The zero-order valence-corrected chi connectivity index (χ0v) is 16.6. The van der Waals surface area contributed by atoms with Gasteiger partial charge in [0.25, 0.3) is 5.69 Å². The van der Waals surface area contributed by atoms with E-state index in [-0.39, 0.29) is 18.3 Å². The Kier molecular flexibility index (Phi) is 7.29. The third kappa shape index (κ3) is 5.96. The summed E-state index contributed by atoms with van der Waals surface area (Å²) in [5, 5.41) is 17.1. The third-order valence-electron chi connectivity index (χ3n) is 4.87. The number of rotatable bonds is 7. The van der Waals surface area contributed by atoms with Crippen LogP contribution in [0.4, 0.5) is 14.5 Å². The van der Waals surface area contributed by atoms with Gasteiger partial charge in [-0.2, -0.15) is 0 Å². The zero-order chi connectivity index (χ0) is 21.5. The Balaban J connectivity index is 1.71. The number of guanidine groups is 1. The largest absolute Gasteiger partial charge is 0.376 e. The second kappa shape index (κ2) is 10.1. The summed E-state index contributed by atoms with van der Waals surface area (Å²) >= 11 is 0. The lowest BCUT2D eigenvalue weighted by atomic mass is 10.1. The molecule has 2 aromatic carbocycles. The first-order valence-electron chi connectivity index (χ1n) is 9.77. The van der Waals surface area contributed by atoms with Crippen molar-refractivity contribution >= 4 is 11.6 Å². The van der Waals surface area contributed by atoms with E-state index in [1.807, 2.05) is 0 Å². The predicted molar refractivity (Wildman–Crippen MR) is 109 cm³/mol. The average molecular weight is 418 g/mol. The molecule has 30 heavy (non-hydrogen) atoms. The molecule has 7 nitrogen and oxygen atoms in total. The van der Waals surface area contributed by atoms with Crippen LogP contribution in [0.2, 0.25) is 0 Å². The van der Waals surface area contributed by atoms with Crippen molar-refractivity contribution in [2.75, 3.05) is 13.2 Å². The topological polar surface area (TPSA) is 88.8 Å². The van der Waals surface area contributed by atoms with Crippen LogP contribution in [0, 0.1) is 21.7 Å². The van der Waals surface area contributed by atoms with Crippen molar-refractivity contribution in [3.05, 3.63) is 75.3 Å². The van der Waals surface area contributed by atoms with Gasteiger partial charge in [0, 0.05) is 36.9 Å². The summed E-state index contributed by atoms with van der Waals surface area (Å²) in [7, 11) is 0. The molecule has 2 N–H and O–H groups in total. The lowest BCUT2D eigenvalue weighted by Crippen LogP contribution is -2.42. The SMILES string of the molecule is CC(NC(=NCc1ccc([N+](=O)[O-])cc1)NCC1CCCO1)c1ccc(F)cc1F. The molecule has 0 spiro atoms. The van der Waals surface area contributed by atoms with Crippen LogP contribution in [0.15, 0.2) is 47.5 Å². The van der Waals surface area contributed by atoms with Gasteiger partial charge in [-0.05, 0) is 31.4 Å². The van der Waals surface area contributed by atoms with Gasteiger partial charge < -0.3 is 15.4 Å². The van der Waals surface area contributed by atoms with E-state index in [0.29, 0.717) is 18.1 Å². The summed E-state index contributed by atoms with van der Waals surface area (Å²) in [4.78, 5) is 14.8. The van der Waals surface area contributed by atoms with E-state index in [1.165, 1.54) is 24.3 Å². The van der Waals surface area contributed by atoms with Gasteiger partial charge in [0.15, 0.2) is 5.96 Å². The summed E-state index contributed by atoms with van der Waals surface area (Å²) < 4.78 is 32.9. The minimum Gasteiger partial charge on any atom is -0.376 e. The molecule has 1 aliphatic rings. The molecule has 2 atom stereocenters. The molecule has 0 aliphatic carbocycles. The maximum atomic E-state index is 14.1. The summed E-state index contributed by atoms with van der Waals surface area (Å²) in [5.41, 5.74) is 1.12. The van der Waals surface area contributed by atoms with Gasteiger partial charge in [-0.1, -0.05) is 18.2 Å². The Bertz CT molecular complexity index is 900. The number of nitro benzene ring substituents is 1. The van der Waals surface area contributed by atoms with E-state index in [9.17, 15) is 18.9 Å². The number of benzene rings is 2. The Labute approximate surface area is 173 Å². The average Bonchev–Trinajstić information content (AvgIpc) is 3.23. The third-order valence-corrected chi connectivity index (χ3v) is 4.87. The number of non-ortho nitro benzene ring substituents is 1. The molecule has 1 aliphatic heterocycles. The molecule has 0 saturated carbocycles. The zero-order valence-electron chi connectivity index (χ0n) is 16.6. The fourth-order valence-electron chi connectivity index (χ4n) is 3.20. The monoisotopic (exact) mass is 418 g/mol. The van der Waals surface area contributed by atoms with Gasteiger partial charge in [-0.3, -0.25) is 10.1 Å². The summed E-state index contributed by atoms with van der Waals surface area (Å²) in [6.07, 6.45) is 2.03. The normalized spacial score (nSPS) is 17.6. The van der Waals surface area contributed by atoms with Crippen molar-refractivity contribution in [2.24, 2.45) is 4.99 Å². The van der Waals surface area contributed by atoms with E-state index >= 15 is 0 Å². The molecule has 9 heteroatoms. The molecule has 0 radical (unpaired) electrons. The molecule has 160 valence electrons. The van der Waals surface area contributed by atoms with Gasteiger partial charge in [-0.15, -0.1) is 0 Å².